The van der Waals surface area contributed by atoms with Gasteiger partial charge in [0, 0.05) is 17.7 Å². The van der Waals surface area contributed by atoms with Crippen LogP contribution in [0.1, 0.15) is 18.5 Å². The number of oxime groups is 1. The van der Waals surface area contributed by atoms with Crippen LogP contribution < -0.4 is 80.4 Å². The summed E-state index contributed by atoms with van der Waals surface area (Å²) in [6.45, 7) is -0.394. The number of thioether (sulfide) groups is 1. The van der Waals surface area contributed by atoms with E-state index in [1.54, 1.807) is 0 Å². The number of aromatic nitrogens is 1. The third kappa shape index (κ3) is 6.40. The van der Waals surface area contributed by atoms with Gasteiger partial charge in [0.1, 0.15) is 17.1 Å². The van der Waals surface area contributed by atoms with E-state index in [2.05, 4.69) is 20.3 Å². The predicted molar refractivity (Wildman–Crippen MR) is 110 cm³/mol. The summed E-state index contributed by atoms with van der Waals surface area (Å²) in [7, 11) is 0. The van der Waals surface area contributed by atoms with Gasteiger partial charge in [-0.25, -0.2) is 4.98 Å². The van der Waals surface area contributed by atoms with Crippen molar-refractivity contribution >= 4 is 57.7 Å². The van der Waals surface area contributed by atoms with E-state index in [0.717, 1.165) is 22.7 Å². The molecular formula is C18H17N5Na2O8S2. The molecule has 35 heavy (non-hydrogen) atoms. The number of amides is 2. The first-order valence-electron chi connectivity index (χ1n) is 9.70. The maximum Gasteiger partial charge on any atom is 1.00 e. The van der Waals surface area contributed by atoms with Crippen molar-refractivity contribution in [3.05, 3.63) is 22.3 Å². The number of carbonyl (C=O) groups excluding carboxylic acids is 4. The normalized spacial score (nSPS) is 23.4. The minimum absolute atomic E-state index is 0. The van der Waals surface area contributed by atoms with E-state index in [1.807, 2.05) is 0 Å². The van der Waals surface area contributed by atoms with E-state index in [9.17, 15) is 29.4 Å². The van der Waals surface area contributed by atoms with Gasteiger partial charge in [0.15, 0.2) is 17.5 Å². The molecule has 4 heterocycles. The van der Waals surface area contributed by atoms with Gasteiger partial charge in [0.25, 0.3) is 11.8 Å². The van der Waals surface area contributed by atoms with Gasteiger partial charge in [-0.2, -0.15) is 0 Å². The maximum atomic E-state index is 12.8. The number of ether oxygens (including phenoxy) is 1. The summed E-state index contributed by atoms with van der Waals surface area (Å²) < 4.78 is 5.58. The number of nitrogen functional groups attached to an aromatic ring is 1. The number of nitrogens with one attached hydrogen (secondary N) is 1. The number of thiazole rings is 1. The Kier molecular flexibility index (Phi) is 11.1. The predicted octanol–water partition coefficient (Wildman–Crippen LogP) is -9.21. The molecule has 0 saturated carbocycles. The largest absolute Gasteiger partial charge is 1.00 e. The van der Waals surface area contributed by atoms with E-state index < -0.39 is 47.5 Å². The second-order valence-corrected chi connectivity index (χ2v) is 9.17. The molecule has 4 rings (SSSR count). The first-order valence-corrected chi connectivity index (χ1v) is 11.6. The van der Waals surface area contributed by atoms with Crippen molar-refractivity contribution in [2.24, 2.45) is 5.16 Å². The van der Waals surface area contributed by atoms with Gasteiger partial charge in [0.05, 0.1) is 23.7 Å². The van der Waals surface area contributed by atoms with E-state index in [4.69, 9.17) is 10.5 Å². The fourth-order valence-electron chi connectivity index (χ4n) is 3.69. The van der Waals surface area contributed by atoms with Crippen LogP contribution in [-0.2, 0) is 28.8 Å². The zero-order chi connectivity index (χ0) is 23.7. The van der Waals surface area contributed by atoms with E-state index in [-0.39, 0.29) is 81.7 Å². The van der Waals surface area contributed by atoms with Crippen LogP contribution in [-0.4, -0.2) is 75.8 Å². The van der Waals surface area contributed by atoms with Crippen LogP contribution >= 0.6 is 23.1 Å². The third-order valence-electron chi connectivity index (χ3n) is 5.11. The monoisotopic (exact) mass is 541 g/mol. The Morgan fingerprint density at radius 1 is 1.34 bits per heavy atom. The summed E-state index contributed by atoms with van der Waals surface area (Å²) in [6.07, 6.45) is 1.06. The molecule has 0 aromatic carbocycles. The van der Waals surface area contributed by atoms with Crippen molar-refractivity contribution < 1.29 is 98.1 Å². The Morgan fingerprint density at radius 2 is 2.09 bits per heavy atom. The number of nitrogens with two attached hydrogens (primary N) is 1. The van der Waals surface area contributed by atoms with Crippen molar-refractivity contribution in [2.45, 2.75) is 30.4 Å². The molecule has 1 aromatic rings. The molecule has 3 aliphatic heterocycles. The number of β-lactam (4-membered cyclic amide) rings is 1. The van der Waals surface area contributed by atoms with Crippen LogP contribution in [0.25, 0.3) is 0 Å². The molecule has 0 spiro atoms. The van der Waals surface area contributed by atoms with Gasteiger partial charge in [-0.1, -0.05) is 5.16 Å². The molecule has 176 valence electrons. The molecule has 0 bridgehead atoms. The van der Waals surface area contributed by atoms with Gasteiger partial charge >= 0.3 is 59.1 Å². The van der Waals surface area contributed by atoms with Crippen LogP contribution in [0.15, 0.2) is 21.8 Å². The van der Waals surface area contributed by atoms with Crippen LogP contribution in [0.5, 0.6) is 0 Å². The molecule has 1 unspecified atom stereocenters. The Balaban J connectivity index is 0.00000216. The fourth-order valence-corrected chi connectivity index (χ4v) is 5.65. The number of carboxylic acids is 2. The first-order chi connectivity index (χ1) is 15.8. The van der Waals surface area contributed by atoms with E-state index in [1.165, 1.54) is 17.1 Å². The van der Waals surface area contributed by atoms with Gasteiger partial charge in [0.2, 0.25) is 0 Å². The van der Waals surface area contributed by atoms with Gasteiger partial charge in [-0.05, 0) is 18.4 Å². The van der Waals surface area contributed by atoms with Crippen LogP contribution in [0, 0.1) is 0 Å². The fraction of sp³-hybridized carbons (Fsp3) is 0.444. The Morgan fingerprint density at radius 3 is 2.66 bits per heavy atom. The quantitative estimate of drug-likeness (QED) is 0.137. The van der Waals surface area contributed by atoms with Gasteiger partial charge in [-0.15, -0.1) is 23.1 Å². The second kappa shape index (κ2) is 12.9. The van der Waals surface area contributed by atoms with Gasteiger partial charge in [-0.3, -0.25) is 14.5 Å². The molecule has 3 aliphatic rings. The molecule has 13 nitrogen and oxygen atoms in total. The molecule has 2 amide bonds. The van der Waals surface area contributed by atoms with Crippen molar-refractivity contribution in [3.8, 4) is 0 Å². The number of hydrogen-bond acceptors (Lipinski definition) is 13. The number of carbonyl (C=O) groups is 4. The molecule has 0 radical (unpaired) electrons. The second-order valence-electron chi connectivity index (χ2n) is 7.18. The molecule has 3 atom stereocenters. The zero-order valence-electron chi connectivity index (χ0n) is 18.8. The number of hydrogen-bond donors (Lipinski definition) is 2. The van der Waals surface area contributed by atoms with Crippen LogP contribution in [0.2, 0.25) is 0 Å². The molecule has 3 N–H and O–H groups in total. The summed E-state index contributed by atoms with van der Waals surface area (Å²) in [4.78, 5) is 57.7. The summed E-state index contributed by atoms with van der Waals surface area (Å²) >= 11 is 2.30. The number of rotatable bonds is 8. The van der Waals surface area contributed by atoms with E-state index >= 15 is 0 Å². The summed E-state index contributed by atoms with van der Waals surface area (Å²) in [5.41, 5.74) is 5.47. The number of nitrogens with zero attached hydrogens (tertiary/aromatic N) is 3. The standard InChI is InChI=1S/C18H19N5O8S2.2Na/c19-18-20-8(6-33-18)11(22-31-4-10(24)25)14(26)21-12-15(27)23-13(17(28)29)7(5-32-16(12)23)9-2-1-3-30-9;;/h6,9,12,16H,1-5H2,(H2,19,20)(H,21,26)(H,24,25)(H,28,29);;/q;2*+1/p-2/t9?,12-,16-;;/m1../s1. The number of anilines is 1. The van der Waals surface area contributed by atoms with Crippen LogP contribution in [0.3, 0.4) is 0 Å². The Bertz CT molecular complexity index is 1080. The molecule has 1 aromatic heterocycles. The minimum atomic E-state index is -1.55. The molecule has 17 heteroatoms. The molecule has 2 fully saturated rings. The average molecular weight is 541 g/mol. The smallest absolute Gasteiger partial charge is 0.546 e. The molecular weight excluding hydrogens is 524 g/mol. The molecule has 2 saturated heterocycles. The Labute approximate surface area is 251 Å². The molecule has 0 aliphatic carbocycles. The first kappa shape index (κ1) is 30.1. The summed E-state index contributed by atoms with van der Waals surface area (Å²) in [6, 6.07) is -1.05. The number of carboxylic acid groups (broad SMARTS) is 2. The van der Waals surface area contributed by atoms with Crippen molar-refractivity contribution in [1.82, 2.24) is 15.2 Å². The van der Waals surface area contributed by atoms with E-state index in [0.29, 0.717) is 24.4 Å². The van der Waals surface area contributed by atoms with Crippen LogP contribution in [0.4, 0.5) is 5.13 Å². The van der Waals surface area contributed by atoms with Crippen molar-refractivity contribution in [3.63, 3.8) is 0 Å². The average Bonchev–Trinajstić information content (AvgIpc) is 3.45. The topological polar surface area (TPSA) is 199 Å². The third-order valence-corrected chi connectivity index (χ3v) is 7.09. The zero-order valence-corrected chi connectivity index (χ0v) is 24.5. The SMILES string of the molecule is Nc1nc(C(=NOCC(=O)[O-])C(=O)N[C@@H]2C(=O)N3C(C(=O)[O-])=C(C4CCCO4)CS[C@H]23)cs1.[Na+].[Na+]. The summed E-state index contributed by atoms with van der Waals surface area (Å²) in [5.74, 6) is -4.25. The van der Waals surface area contributed by atoms with Gasteiger partial charge < -0.3 is 40.4 Å². The minimum Gasteiger partial charge on any atom is -0.546 e. The number of aliphatic carboxylic acids is 2. The number of fused-ring (bicyclic) bond motifs is 1. The maximum absolute atomic E-state index is 12.8. The van der Waals surface area contributed by atoms with Crippen molar-refractivity contribution in [2.75, 3.05) is 24.7 Å². The Hall–Kier alpha value is -1.17. The van der Waals surface area contributed by atoms with Crippen molar-refractivity contribution in [1.29, 1.82) is 0 Å². The summed E-state index contributed by atoms with van der Waals surface area (Å²) in [5, 5.41) is 29.3.